The average molecular weight is 291 g/mol. The molecule has 0 aliphatic carbocycles. The molecule has 0 spiro atoms. The van der Waals surface area contributed by atoms with Crippen LogP contribution in [-0.2, 0) is 14.3 Å². The van der Waals surface area contributed by atoms with E-state index >= 15 is 0 Å². The van der Waals surface area contributed by atoms with Crippen LogP contribution in [-0.4, -0.2) is 37.6 Å². The van der Waals surface area contributed by atoms with E-state index < -0.39 is 5.54 Å². The normalized spacial score (nSPS) is 17.0. The lowest BCUT2D eigenvalue weighted by atomic mass is 9.85. The Morgan fingerprint density at radius 1 is 1.24 bits per heavy atom. The monoisotopic (exact) mass is 291 g/mol. The molecule has 1 amide bonds. The van der Waals surface area contributed by atoms with Crippen molar-refractivity contribution in [3.8, 4) is 0 Å². The Bertz CT molecular complexity index is 496. The van der Waals surface area contributed by atoms with Gasteiger partial charge < -0.3 is 10.1 Å². The van der Waals surface area contributed by atoms with Crippen molar-refractivity contribution in [1.29, 1.82) is 0 Å². The first-order valence-electron chi connectivity index (χ1n) is 7.44. The zero-order chi connectivity index (χ0) is 15.3. The van der Waals surface area contributed by atoms with Gasteiger partial charge in [0, 0.05) is 24.9 Å². The number of hydrogen-bond donors (Lipinski definition) is 1. The number of ether oxygens (including phenoxy) is 1. The highest BCUT2D eigenvalue weighted by molar-refractivity contribution is 6.02. The van der Waals surface area contributed by atoms with Crippen LogP contribution < -0.4 is 10.2 Å². The summed E-state index contributed by atoms with van der Waals surface area (Å²) in [6.07, 6.45) is 1.58. The summed E-state index contributed by atoms with van der Waals surface area (Å²) in [7, 11) is 1.39. The van der Waals surface area contributed by atoms with E-state index in [0.717, 1.165) is 18.8 Å². The van der Waals surface area contributed by atoms with Gasteiger partial charge in [0.2, 0.25) is 5.91 Å². The number of carbonyl (C=O) groups is 2. The predicted molar refractivity (Wildman–Crippen MR) is 79.9 cm³/mol. The maximum atomic E-state index is 12.5. The van der Waals surface area contributed by atoms with Gasteiger partial charge in [-0.3, -0.25) is 9.69 Å². The standard InChI is InChI=1S/C16H22N2O3/c1-3-14(19)18(13-7-5-4-6-8-13)16(15(20)21-2)9-11-17-12-10-16/h4-8,17H,3,9-12H2,1-2H3/p+1. The third-order valence-electron chi connectivity index (χ3n) is 4.08. The molecule has 1 fully saturated rings. The molecule has 0 atom stereocenters. The molecule has 21 heavy (non-hydrogen) atoms. The number of quaternary nitrogens is 1. The average Bonchev–Trinajstić information content (AvgIpc) is 2.55. The van der Waals surface area contributed by atoms with Gasteiger partial charge in [-0.1, -0.05) is 25.1 Å². The molecule has 1 heterocycles. The summed E-state index contributed by atoms with van der Waals surface area (Å²) in [6.45, 7) is 3.45. The Hall–Kier alpha value is -1.88. The molecule has 114 valence electrons. The van der Waals surface area contributed by atoms with Crippen molar-refractivity contribution < 1.29 is 19.6 Å². The van der Waals surface area contributed by atoms with Crippen LogP contribution in [0, 0.1) is 0 Å². The fraction of sp³-hybridized carbons (Fsp3) is 0.500. The van der Waals surface area contributed by atoms with Gasteiger partial charge in [0.15, 0.2) is 5.54 Å². The summed E-state index contributed by atoms with van der Waals surface area (Å²) < 4.78 is 5.04. The van der Waals surface area contributed by atoms with Gasteiger partial charge in [0.1, 0.15) is 0 Å². The summed E-state index contributed by atoms with van der Waals surface area (Å²) in [4.78, 5) is 26.7. The zero-order valence-electron chi connectivity index (χ0n) is 12.7. The van der Waals surface area contributed by atoms with Crippen LogP contribution >= 0.6 is 0 Å². The summed E-state index contributed by atoms with van der Waals surface area (Å²) in [5.74, 6) is -0.366. The van der Waals surface area contributed by atoms with E-state index in [4.69, 9.17) is 4.74 Å². The van der Waals surface area contributed by atoms with Gasteiger partial charge in [-0.15, -0.1) is 0 Å². The number of hydrogen-bond acceptors (Lipinski definition) is 3. The molecule has 2 N–H and O–H groups in total. The molecule has 0 saturated carbocycles. The second kappa shape index (κ2) is 6.72. The maximum Gasteiger partial charge on any atom is 0.332 e. The van der Waals surface area contributed by atoms with Crippen molar-refractivity contribution in [3.63, 3.8) is 0 Å². The van der Waals surface area contributed by atoms with Crippen molar-refractivity contribution >= 4 is 17.6 Å². The second-order valence-corrected chi connectivity index (χ2v) is 5.31. The molecule has 5 nitrogen and oxygen atoms in total. The fourth-order valence-electron chi connectivity index (χ4n) is 3.03. The van der Waals surface area contributed by atoms with Crippen molar-refractivity contribution in [2.24, 2.45) is 0 Å². The first-order chi connectivity index (χ1) is 10.2. The number of benzene rings is 1. The minimum Gasteiger partial charge on any atom is -0.467 e. The van der Waals surface area contributed by atoms with Gasteiger partial charge >= 0.3 is 5.97 Å². The third kappa shape index (κ3) is 2.93. The zero-order valence-corrected chi connectivity index (χ0v) is 12.7. The SMILES string of the molecule is CCC(=O)N(c1ccccc1)C1(C(=O)OC)CC[NH2+]CC1. The highest BCUT2D eigenvalue weighted by Crippen LogP contribution is 2.32. The van der Waals surface area contributed by atoms with Crippen LogP contribution in [0.2, 0.25) is 0 Å². The Labute approximate surface area is 125 Å². The van der Waals surface area contributed by atoms with Crippen LogP contribution in [0.4, 0.5) is 5.69 Å². The second-order valence-electron chi connectivity index (χ2n) is 5.31. The van der Waals surface area contributed by atoms with E-state index in [-0.39, 0.29) is 11.9 Å². The third-order valence-corrected chi connectivity index (χ3v) is 4.08. The van der Waals surface area contributed by atoms with Gasteiger partial charge in [-0.2, -0.15) is 0 Å². The van der Waals surface area contributed by atoms with E-state index in [1.165, 1.54) is 7.11 Å². The lowest BCUT2D eigenvalue weighted by Gasteiger charge is -2.42. The lowest BCUT2D eigenvalue weighted by Crippen LogP contribution is -2.89. The molecule has 0 radical (unpaired) electrons. The number of piperidine rings is 1. The number of para-hydroxylation sites is 1. The fourth-order valence-corrected chi connectivity index (χ4v) is 3.03. The molecule has 2 rings (SSSR count). The minimum absolute atomic E-state index is 0.0477. The van der Waals surface area contributed by atoms with Crippen LogP contribution in [0.25, 0.3) is 0 Å². The predicted octanol–water partition coefficient (Wildman–Crippen LogP) is 0.699. The number of carbonyl (C=O) groups excluding carboxylic acids is 2. The van der Waals surface area contributed by atoms with Gasteiger partial charge in [-0.05, 0) is 12.1 Å². The number of rotatable bonds is 4. The van der Waals surface area contributed by atoms with Crippen LogP contribution in [0.15, 0.2) is 30.3 Å². The Kier molecular flexibility index (Phi) is 4.96. The summed E-state index contributed by atoms with van der Waals surface area (Å²) >= 11 is 0. The lowest BCUT2D eigenvalue weighted by molar-refractivity contribution is -0.664. The van der Waals surface area contributed by atoms with Crippen LogP contribution in [0.3, 0.4) is 0 Å². The van der Waals surface area contributed by atoms with Crippen molar-refractivity contribution in [2.45, 2.75) is 31.7 Å². The van der Waals surface area contributed by atoms with Crippen molar-refractivity contribution in [1.82, 2.24) is 0 Å². The maximum absolute atomic E-state index is 12.5. The Morgan fingerprint density at radius 2 is 1.86 bits per heavy atom. The van der Waals surface area contributed by atoms with E-state index in [1.807, 2.05) is 37.3 Å². The number of methoxy groups -OCH3 is 1. The first-order valence-corrected chi connectivity index (χ1v) is 7.44. The topological polar surface area (TPSA) is 63.2 Å². The largest absolute Gasteiger partial charge is 0.467 e. The molecular formula is C16H23N2O3+. The van der Waals surface area contributed by atoms with Crippen LogP contribution in [0.1, 0.15) is 26.2 Å². The van der Waals surface area contributed by atoms with E-state index in [2.05, 4.69) is 5.32 Å². The summed E-state index contributed by atoms with van der Waals surface area (Å²) in [5, 5.41) is 2.17. The first kappa shape index (κ1) is 15.5. The molecule has 0 bridgehead atoms. The summed E-state index contributed by atoms with van der Waals surface area (Å²) in [6, 6.07) is 9.40. The molecule has 0 aromatic heterocycles. The number of nitrogens with two attached hydrogens (primary N) is 1. The summed E-state index contributed by atoms with van der Waals surface area (Å²) in [5.41, 5.74) is -0.116. The molecule has 1 aliphatic rings. The van der Waals surface area contributed by atoms with Gasteiger partial charge in [0.25, 0.3) is 0 Å². The van der Waals surface area contributed by atoms with Gasteiger partial charge in [0.05, 0.1) is 20.2 Å². The van der Waals surface area contributed by atoms with E-state index in [1.54, 1.807) is 4.90 Å². The molecule has 1 aromatic rings. The molecule has 1 aromatic carbocycles. The molecule has 0 unspecified atom stereocenters. The van der Waals surface area contributed by atoms with Crippen LogP contribution in [0.5, 0.6) is 0 Å². The minimum atomic E-state index is -0.877. The molecule has 5 heteroatoms. The number of anilines is 1. The molecular weight excluding hydrogens is 268 g/mol. The number of esters is 1. The molecule has 1 aliphatic heterocycles. The van der Waals surface area contributed by atoms with E-state index in [0.29, 0.717) is 19.3 Å². The van der Waals surface area contributed by atoms with Gasteiger partial charge in [-0.25, -0.2) is 4.79 Å². The van der Waals surface area contributed by atoms with E-state index in [9.17, 15) is 9.59 Å². The smallest absolute Gasteiger partial charge is 0.332 e. The van der Waals surface area contributed by atoms with Crippen molar-refractivity contribution in [2.75, 3.05) is 25.1 Å². The number of nitrogens with zero attached hydrogens (tertiary/aromatic N) is 1. The van der Waals surface area contributed by atoms with Crippen molar-refractivity contribution in [3.05, 3.63) is 30.3 Å². The highest BCUT2D eigenvalue weighted by Gasteiger charge is 2.49. The number of amides is 1. The highest BCUT2D eigenvalue weighted by atomic mass is 16.5. The Morgan fingerprint density at radius 3 is 2.38 bits per heavy atom. The quantitative estimate of drug-likeness (QED) is 0.831. The molecule has 1 saturated heterocycles. The Balaban J connectivity index is 2.50.